The van der Waals surface area contributed by atoms with Gasteiger partial charge in [0, 0.05) is 31.3 Å². The van der Waals surface area contributed by atoms with Crippen molar-refractivity contribution in [2.24, 2.45) is 0 Å². The molecule has 0 fully saturated rings. The number of rotatable bonds is 4. The van der Waals surface area contributed by atoms with E-state index in [1.165, 1.54) is 19.8 Å². The van der Waals surface area contributed by atoms with Crippen LogP contribution >= 0.6 is 0 Å². The van der Waals surface area contributed by atoms with Gasteiger partial charge in [-0.15, -0.1) is 10.2 Å². The minimum absolute atomic E-state index is 0.0707. The van der Waals surface area contributed by atoms with Gasteiger partial charge in [0.25, 0.3) is 0 Å². The van der Waals surface area contributed by atoms with Gasteiger partial charge in [-0.25, -0.2) is 0 Å². The first-order valence-corrected chi connectivity index (χ1v) is 7.25. The molecule has 0 saturated carbocycles. The maximum atomic E-state index is 11.1. The normalized spacial score (nSPS) is 13.6. The zero-order chi connectivity index (χ0) is 14.7. The summed E-state index contributed by atoms with van der Waals surface area (Å²) in [6.45, 7) is 3.14. The molecule has 0 bridgehead atoms. The van der Waals surface area contributed by atoms with Crippen LogP contribution in [-0.4, -0.2) is 20.7 Å². The van der Waals surface area contributed by atoms with Gasteiger partial charge in [-0.3, -0.25) is 4.79 Å². The van der Waals surface area contributed by atoms with Crippen LogP contribution in [-0.2, 0) is 24.3 Å². The predicted molar refractivity (Wildman–Crippen MR) is 81.0 cm³/mol. The van der Waals surface area contributed by atoms with Crippen LogP contribution < -0.4 is 10.6 Å². The number of hydrogen-bond donors (Lipinski definition) is 2. The lowest BCUT2D eigenvalue weighted by molar-refractivity contribution is -0.114. The zero-order valence-electron chi connectivity index (χ0n) is 12.1. The van der Waals surface area contributed by atoms with Gasteiger partial charge < -0.3 is 15.2 Å². The molecule has 6 heteroatoms. The molecule has 0 atom stereocenters. The second kappa shape index (κ2) is 5.95. The van der Waals surface area contributed by atoms with Crippen molar-refractivity contribution in [1.29, 1.82) is 0 Å². The largest absolute Gasteiger partial charge is 0.378 e. The highest BCUT2D eigenvalue weighted by Gasteiger charge is 2.15. The molecule has 21 heavy (non-hydrogen) atoms. The molecule has 110 valence electrons. The second-order valence-corrected chi connectivity index (χ2v) is 5.26. The first-order valence-electron chi connectivity index (χ1n) is 7.25. The van der Waals surface area contributed by atoms with E-state index in [0.29, 0.717) is 6.54 Å². The number of amides is 1. The van der Waals surface area contributed by atoms with Crippen molar-refractivity contribution in [2.75, 3.05) is 10.6 Å². The average Bonchev–Trinajstić information content (AvgIpc) is 2.88. The van der Waals surface area contributed by atoms with Gasteiger partial charge in [0.2, 0.25) is 5.91 Å². The van der Waals surface area contributed by atoms with Gasteiger partial charge in [0.15, 0.2) is 5.82 Å². The summed E-state index contributed by atoms with van der Waals surface area (Å²) in [5.41, 5.74) is 1.74. The number of nitrogens with one attached hydrogen (secondary N) is 2. The van der Waals surface area contributed by atoms with E-state index in [1.807, 2.05) is 24.3 Å². The van der Waals surface area contributed by atoms with E-state index in [0.717, 1.165) is 36.0 Å². The van der Waals surface area contributed by atoms with E-state index in [1.54, 1.807) is 0 Å². The van der Waals surface area contributed by atoms with Crippen LogP contribution in [0.15, 0.2) is 24.3 Å². The van der Waals surface area contributed by atoms with Crippen LogP contribution in [0.25, 0.3) is 0 Å². The third-order valence-electron chi connectivity index (χ3n) is 3.57. The number of aromatic nitrogens is 3. The number of anilines is 2. The van der Waals surface area contributed by atoms with Crippen LogP contribution in [0.2, 0.25) is 0 Å². The molecule has 0 aliphatic carbocycles. The number of hydrogen-bond acceptors (Lipinski definition) is 4. The molecular weight excluding hydrogens is 266 g/mol. The van der Waals surface area contributed by atoms with E-state index in [-0.39, 0.29) is 5.91 Å². The third kappa shape index (κ3) is 3.21. The summed E-state index contributed by atoms with van der Waals surface area (Å²) in [6.07, 6.45) is 3.41. The van der Waals surface area contributed by atoms with Crippen molar-refractivity contribution in [2.45, 2.75) is 39.3 Å². The van der Waals surface area contributed by atoms with E-state index in [2.05, 4.69) is 25.4 Å². The number of fused-ring (bicyclic) bond motifs is 1. The molecule has 0 spiro atoms. The highest BCUT2D eigenvalue weighted by molar-refractivity contribution is 5.89. The zero-order valence-corrected chi connectivity index (χ0v) is 12.1. The highest BCUT2D eigenvalue weighted by Crippen LogP contribution is 2.18. The number of carbonyl (C=O) groups excluding carboxylic acids is 1. The molecule has 1 amide bonds. The van der Waals surface area contributed by atoms with E-state index < -0.39 is 0 Å². The fourth-order valence-corrected chi connectivity index (χ4v) is 2.59. The molecule has 0 unspecified atom stereocenters. The first kappa shape index (κ1) is 13.6. The SMILES string of the molecule is CC(=O)Nc1cccc(NCc2nnc3n2CCCC3)c1. The molecule has 2 aromatic rings. The van der Waals surface area contributed by atoms with Gasteiger partial charge in [0.1, 0.15) is 5.82 Å². The minimum atomic E-state index is -0.0707. The van der Waals surface area contributed by atoms with Crippen molar-refractivity contribution in [1.82, 2.24) is 14.8 Å². The number of nitrogens with zero attached hydrogens (tertiary/aromatic N) is 3. The van der Waals surface area contributed by atoms with Crippen molar-refractivity contribution < 1.29 is 4.79 Å². The Morgan fingerprint density at radius 1 is 1.29 bits per heavy atom. The van der Waals surface area contributed by atoms with Crippen molar-refractivity contribution in [3.05, 3.63) is 35.9 Å². The molecule has 1 aliphatic heterocycles. The van der Waals surface area contributed by atoms with Crippen LogP contribution in [0.5, 0.6) is 0 Å². The lowest BCUT2D eigenvalue weighted by Crippen LogP contribution is -2.15. The molecule has 0 saturated heterocycles. The van der Waals surface area contributed by atoms with Crippen molar-refractivity contribution >= 4 is 17.3 Å². The fourth-order valence-electron chi connectivity index (χ4n) is 2.59. The Morgan fingerprint density at radius 3 is 3.00 bits per heavy atom. The van der Waals surface area contributed by atoms with Crippen LogP contribution in [0.1, 0.15) is 31.4 Å². The average molecular weight is 285 g/mol. The van der Waals surface area contributed by atoms with Crippen LogP contribution in [0, 0.1) is 0 Å². The van der Waals surface area contributed by atoms with Crippen LogP contribution in [0.3, 0.4) is 0 Å². The van der Waals surface area contributed by atoms with Gasteiger partial charge in [-0.05, 0) is 31.0 Å². The summed E-state index contributed by atoms with van der Waals surface area (Å²) in [7, 11) is 0. The smallest absolute Gasteiger partial charge is 0.221 e. The molecule has 1 aliphatic rings. The Kier molecular flexibility index (Phi) is 3.85. The third-order valence-corrected chi connectivity index (χ3v) is 3.57. The molecule has 1 aromatic carbocycles. The number of carbonyl (C=O) groups is 1. The van der Waals surface area contributed by atoms with Gasteiger partial charge in [-0.1, -0.05) is 6.07 Å². The van der Waals surface area contributed by atoms with E-state index in [9.17, 15) is 4.79 Å². The van der Waals surface area contributed by atoms with Gasteiger partial charge >= 0.3 is 0 Å². The molecule has 6 nitrogen and oxygen atoms in total. The van der Waals surface area contributed by atoms with Crippen molar-refractivity contribution in [3.8, 4) is 0 Å². The Hall–Kier alpha value is -2.37. The summed E-state index contributed by atoms with van der Waals surface area (Å²) < 4.78 is 2.20. The maximum Gasteiger partial charge on any atom is 0.221 e. The lowest BCUT2D eigenvalue weighted by atomic mass is 10.2. The van der Waals surface area contributed by atoms with Gasteiger partial charge in [0.05, 0.1) is 6.54 Å². The molecule has 2 heterocycles. The summed E-state index contributed by atoms with van der Waals surface area (Å²) in [5.74, 6) is 1.98. The second-order valence-electron chi connectivity index (χ2n) is 5.26. The van der Waals surface area contributed by atoms with E-state index >= 15 is 0 Å². The first-order chi connectivity index (χ1) is 10.2. The highest BCUT2D eigenvalue weighted by atomic mass is 16.1. The monoisotopic (exact) mass is 285 g/mol. The molecular formula is C15H19N5O. The predicted octanol–water partition coefficient (Wildman–Crippen LogP) is 2.18. The Morgan fingerprint density at radius 2 is 2.14 bits per heavy atom. The molecule has 0 radical (unpaired) electrons. The summed E-state index contributed by atoms with van der Waals surface area (Å²) in [5, 5.41) is 14.6. The minimum Gasteiger partial charge on any atom is -0.378 e. The quantitative estimate of drug-likeness (QED) is 0.903. The summed E-state index contributed by atoms with van der Waals surface area (Å²) in [6, 6.07) is 7.66. The molecule has 2 N–H and O–H groups in total. The Bertz CT molecular complexity index is 649. The molecule has 1 aromatic heterocycles. The Balaban J connectivity index is 1.67. The summed E-state index contributed by atoms with van der Waals surface area (Å²) in [4.78, 5) is 11.1. The van der Waals surface area contributed by atoms with Crippen molar-refractivity contribution in [3.63, 3.8) is 0 Å². The molecule has 3 rings (SSSR count). The Labute approximate surface area is 123 Å². The van der Waals surface area contributed by atoms with Crippen LogP contribution in [0.4, 0.5) is 11.4 Å². The number of benzene rings is 1. The number of aryl methyl sites for hydroxylation is 1. The topological polar surface area (TPSA) is 71.8 Å². The lowest BCUT2D eigenvalue weighted by Gasteiger charge is -2.15. The van der Waals surface area contributed by atoms with Gasteiger partial charge in [-0.2, -0.15) is 0 Å². The standard InChI is InChI=1S/C15H19N5O/c1-11(21)17-13-6-4-5-12(9-13)16-10-15-19-18-14-7-2-3-8-20(14)15/h4-6,9,16H,2-3,7-8,10H2,1H3,(H,17,21). The summed E-state index contributed by atoms with van der Waals surface area (Å²) >= 11 is 0. The maximum absolute atomic E-state index is 11.1. The van der Waals surface area contributed by atoms with E-state index in [4.69, 9.17) is 0 Å². The fraction of sp³-hybridized carbons (Fsp3) is 0.400.